The summed E-state index contributed by atoms with van der Waals surface area (Å²) in [6.45, 7) is 6.27. The van der Waals surface area contributed by atoms with Crippen LogP contribution in [0.4, 0.5) is 0 Å². The highest BCUT2D eigenvalue weighted by molar-refractivity contribution is 5.77. The van der Waals surface area contributed by atoms with Crippen molar-refractivity contribution in [1.29, 1.82) is 0 Å². The van der Waals surface area contributed by atoms with Crippen molar-refractivity contribution < 1.29 is 9.53 Å². The average molecular weight is 202 g/mol. The first kappa shape index (κ1) is 13.4. The maximum absolute atomic E-state index is 10.9. The minimum absolute atomic E-state index is 0.0209. The molecule has 84 valence electrons. The zero-order valence-electron chi connectivity index (χ0n) is 9.64. The lowest BCUT2D eigenvalue weighted by Gasteiger charge is -2.24. The molecule has 0 aromatic carbocycles. The Morgan fingerprint density at radius 2 is 2.07 bits per heavy atom. The van der Waals surface area contributed by atoms with Crippen LogP contribution in [0.25, 0.3) is 0 Å². The number of hydrogen-bond donors (Lipinski definition) is 2. The average Bonchev–Trinajstić information content (AvgIpc) is 2.14. The molecule has 1 amide bonds. The molecule has 0 aromatic heterocycles. The molecule has 0 aliphatic heterocycles. The monoisotopic (exact) mass is 202 g/mol. The lowest BCUT2D eigenvalue weighted by atomic mass is 9.90. The van der Waals surface area contributed by atoms with Crippen LogP contribution in [0, 0.1) is 5.41 Å². The highest BCUT2D eigenvalue weighted by Gasteiger charge is 2.16. The molecule has 0 heterocycles. The van der Waals surface area contributed by atoms with Gasteiger partial charge in [-0.15, -0.1) is 0 Å². The summed E-state index contributed by atoms with van der Waals surface area (Å²) in [6.07, 6.45) is 0.990. The molecule has 0 unspecified atom stereocenters. The van der Waals surface area contributed by atoms with Crippen LogP contribution in [0.3, 0.4) is 0 Å². The van der Waals surface area contributed by atoms with Crippen LogP contribution in [0.1, 0.15) is 20.3 Å². The predicted molar refractivity (Wildman–Crippen MR) is 57.2 cm³/mol. The third-order valence-corrected chi connectivity index (χ3v) is 2.15. The van der Waals surface area contributed by atoms with E-state index in [1.165, 1.54) is 0 Å². The summed E-state index contributed by atoms with van der Waals surface area (Å²) < 4.78 is 5.02. The second kappa shape index (κ2) is 6.79. The number of nitrogens with one attached hydrogen (secondary N) is 2. The van der Waals surface area contributed by atoms with E-state index in [-0.39, 0.29) is 11.3 Å². The topological polar surface area (TPSA) is 50.4 Å². The number of rotatable bonds is 7. The van der Waals surface area contributed by atoms with E-state index in [1.54, 1.807) is 14.2 Å². The fraction of sp³-hybridized carbons (Fsp3) is 0.900. The summed E-state index contributed by atoms with van der Waals surface area (Å²) in [6, 6.07) is 0. The van der Waals surface area contributed by atoms with Crippen LogP contribution in [-0.4, -0.2) is 39.8 Å². The van der Waals surface area contributed by atoms with Crippen LogP contribution in [-0.2, 0) is 9.53 Å². The van der Waals surface area contributed by atoms with Gasteiger partial charge in [0.15, 0.2) is 0 Å². The zero-order chi connectivity index (χ0) is 11.0. The Bertz CT molecular complexity index is 170. The Morgan fingerprint density at radius 3 is 2.57 bits per heavy atom. The molecule has 2 N–H and O–H groups in total. The van der Waals surface area contributed by atoms with Crippen LogP contribution in [0.2, 0.25) is 0 Å². The minimum Gasteiger partial charge on any atom is -0.385 e. The van der Waals surface area contributed by atoms with Crippen molar-refractivity contribution >= 4 is 5.91 Å². The van der Waals surface area contributed by atoms with Gasteiger partial charge in [-0.3, -0.25) is 4.79 Å². The standard InChI is InChI=1S/C10H22N2O2/c1-10(2,5-6-14-4)8-12-7-9(13)11-3/h12H,5-8H2,1-4H3,(H,11,13). The van der Waals surface area contributed by atoms with E-state index in [0.717, 1.165) is 19.6 Å². The Morgan fingerprint density at radius 1 is 1.43 bits per heavy atom. The predicted octanol–water partition coefficient (Wildman–Crippen LogP) is 0.385. The number of ether oxygens (including phenoxy) is 1. The maximum atomic E-state index is 10.9. The highest BCUT2D eigenvalue weighted by atomic mass is 16.5. The van der Waals surface area contributed by atoms with E-state index in [9.17, 15) is 4.79 Å². The molecule has 0 aromatic rings. The first-order valence-corrected chi connectivity index (χ1v) is 4.92. The third kappa shape index (κ3) is 6.86. The molecule has 0 spiro atoms. The molecule has 0 aliphatic carbocycles. The molecule has 4 heteroatoms. The van der Waals surface area contributed by atoms with Gasteiger partial charge in [-0.2, -0.15) is 0 Å². The summed E-state index contributed by atoms with van der Waals surface area (Å²) in [5, 5.41) is 5.69. The summed E-state index contributed by atoms with van der Waals surface area (Å²) in [5.74, 6) is 0.0209. The number of methoxy groups -OCH3 is 1. The first-order valence-electron chi connectivity index (χ1n) is 4.92. The molecule has 4 nitrogen and oxygen atoms in total. The lowest BCUT2D eigenvalue weighted by molar-refractivity contribution is -0.119. The summed E-state index contributed by atoms with van der Waals surface area (Å²) in [4.78, 5) is 10.9. The van der Waals surface area contributed by atoms with E-state index in [1.807, 2.05) is 0 Å². The van der Waals surface area contributed by atoms with Gasteiger partial charge in [0.1, 0.15) is 0 Å². The van der Waals surface area contributed by atoms with Gasteiger partial charge in [0, 0.05) is 27.3 Å². The van der Waals surface area contributed by atoms with Gasteiger partial charge in [-0.25, -0.2) is 0 Å². The van der Waals surface area contributed by atoms with Crippen LogP contribution in [0.15, 0.2) is 0 Å². The molecule has 14 heavy (non-hydrogen) atoms. The van der Waals surface area contributed by atoms with E-state index in [0.29, 0.717) is 6.54 Å². The van der Waals surface area contributed by atoms with Gasteiger partial charge in [0.25, 0.3) is 0 Å². The number of likely N-dealkylation sites (N-methyl/N-ethyl adjacent to an activating group) is 1. The Balaban J connectivity index is 3.59. The Labute approximate surface area is 86.4 Å². The first-order chi connectivity index (χ1) is 6.52. The molecule has 0 fully saturated rings. The molecule has 0 radical (unpaired) electrons. The molecule has 0 saturated carbocycles. The van der Waals surface area contributed by atoms with Crippen molar-refractivity contribution in [3.05, 3.63) is 0 Å². The van der Waals surface area contributed by atoms with Crippen molar-refractivity contribution in [3.8, 4) is 0 Å². The number of carbonyl (C=O) groups is 1. The fourth-order valence-corrected chi connectivity index (χ4v) is 1.07. The summed E-state index contributed by atoms with van der Waals surface area (Å²) in [7, 11) is 3.34. The Hall–Kier alpha value is -0.610. The molecule has 0 rings (SSSR count). The maximum Gasteiger partial charge on any atom is 0.233 e. The van der Waals surface area contributed by atoms with Crippen LogP contribution in [0.5, 0.6) is 0 Å². The van der Waals surface area contributed by atoms with E-state index in [2.05, 4.69) is 24.5 Å². The van der Waals surface area contributed by atoms with E-state index in [4.69, 9.17) is 4.74 Å². The van der Waals surface area contributed by atoms with Crippen molar-refractivity contribution in [3.63, 3.8) is 0 Å². The minimum atomic E-state index is 0.0209. The number of carbonyl (C=O) groups excluding carboxylic acids is 1. The molecule has 0 bridgehead atoms. The van der Waals surface area contributed by atoms with Crippen LogP contribution >= 0.6 is 0 Å². The van der Waals surface area contributed by atoms with Crippen molar-refractivity contribution in [2.24, 2.45) is 5.41 Å². The quantitative estimate of drug-likeness (QED) is 0.627. The van der Waals surface area contributed by atoms with Crippen molar-refractivity contribution in [2.75, 3.05) is 33.9 Å². The largest absolute Gasteiger partial charge is 0.385 e. The zero-order valence-corrected chi connectivity index (χ0v) is 9.64. The lowest BCUT2D eigenvalue weighted by Crippen LogP contribution is -2.37. The van der Waals surface area contributed by atoms with Gasteiger partial charge in [-0.05, 0) is 11.8 Å². The van der Waals surface area contributed by atoms with Crippen molar-refractivity contribution in [2.45, 2.75) is 20.3 Å². The summed E-state index contributed by atoms with van der Waals surface area (Å²) >= 11 is 0. The SMILES string of the molecule is CNC(=O)CNCC(C)(C)CCOC. The highest BCUT2D eigenvalue weighted by Crippen LogP contribution is 2.18. The van der Waals surface area contributed by atoms with E-state index < -0.39 is 0 Å². The van der Waals surface area contributed by atoms with Gasteiger partial charge in [0.2, 0.25) is 5.91 Å². The third-order valence-electron chi connectivity index (χ3n) is 2.15. The van der Waals surface area contributed by atoms with Gasteiger partial charge in [-0.1, -0.05) is 13.8 Å². The van der Waals surface area contributed by atoms with E-state index >= 15 is 0 Å². The van der Waals surface area contributed by atoms with Gasteiger partial charge >= 0.3 is 0 Å². The van der Waals surface area contributed by atoms with Crippen molar-refractivity contribution in [1.82, 2.24) is 10.6 Å². The second-order valence-electron chi connectivity index (χ2n) is 4.18. The molecular weight excluding hydrogens is 180 g/mol. The van der Waals surface area contributed by atoms with Gasteiger partial charge < -0.3 is 15.4 Å². The second-order valence-corrected chi connectivity index (χ2v) is 4.18. The fourth-order valence-electron chi connectivity index (χ4n) is 1.07. The smallest absolute Gasteiger partial charge is 0.233 e. The molecule has 0 aliphatic rings. The molecular formula is C10H22N2O2. The number of hydrogen-bond acceptors (Lipinski definition) is 3. The summed E-state index contributed by atoms with van der Waals surface area (Å²) in [5.41, 5.74) is 0.171. The molecule has 0 atom stereocenters. The van der Waals surface area contributed by atoms with Crippen LogP contribution < -0.4 is 10.6 Å². The normalized spacial score (nSPS) is 11.4. The Kier molecular flexibility index (Phi) is 6.49. The molecule has 0 saturated heterocycles. The number of amides is 1. The van der Waals surface area contributed by atoms with Gasteiger partial charge in [0.05, 0.1) is 6.54 Å².